The lowest BCUT2D eigenvalue weighted by molar-refractivity contribution is 0.374. The van der Waals surface area contributed by atoms with E-state index in [0.717, 1.165) is 26.1 Å². The summed E-state index contributed by atoms with van der Waals surface area (Å²) in [6.07, 6.45) is 1.53. The van der Waals surface area contributed by atoms with Crippen molar-refractivity contribution < 1.29 is 13.2 Å². The second-order valence-electron chi connectivity index (χ2n) is 6.71. The zero-order valence-corrected chi connectivity index (χ0v) is 18.8. The van der Waals surface area contributed by atoms with E-state index < -0.39 is 16.1 Å². The second kappa shape index (κ2) is 7.59. The fourth-order valence-corrected chi connectivity index (χ4v) is 4.99. The minimum atomic E-state index is -3.61. The van der Waals surface area contributed by atoms with Crippen LogP contribution < -0.4 is 4.74 Å². The van der Waals surface area contributed by atoms with Gasteiger partial charge in [-0.1, -0.05) is 51.8 Å². The molecule has 2 aromatic carbocycles. The Kier molecular flexibility index (Phi) is 5.27. The molecular weight excluding hydrogens is 478 g/mol. The molecule has 0 aliphatic carbocycles. The molecule has 1 aliphatic heterocycles. The fraction of sp³-hybridized carbons (Fsp3) is 0.200. The number of ether oxygens (including phenoxy) is 1. The van der Waals surface area contributed by atoms with Crippen LogP contribution in [0.4, 0.5) is 0 Å². The van der Waals surface area contributed by atoms with Gasteiger partial charge in [0.2, 0.25) is 10.0 Å². The smallest absolute Gasteiger partial charge is 0.247 e. The van der Waals surface area contributed by atoms with Gasteiger partial charge in [0.05, 0.1) is 25.1 Å². The van der Waals surface area contributed by atoms with E-state index in [1.54, 1.807) is 13.2 Å². The summed E-state index contributed by atoms with van der Waals surface area (Å²) in [5.41, 5.74) is 2.75. The maximum atomic E-state index is 12.5. The third-order valence-corrected chi connectivity index (χ3v) is 6.55. The van der Waals surface area contributed by atoms with Crippen LogP contribution in [0.2, 0.25) is 5.15 Å². The maximum Gasteiger partial charge on any atom is 0.247 e. The molecule has 0 bridgehead atoms. The van der Waals surface area contributed by atoms with Crippen LogP contribution in [0.3, 0.4) is 0 Å². The molecule has 1 atom stereocenters. The van der Waals surface area contributed by atoms with E-state index in [2.05, 4.69) is 26.0 Å². The Morgan fingerprint density at radius 2 is 1.97 bits per heavy atom. The van der Waals surface area contributed by atoms with Crippen LogP contribution in [-0.4, -0.2) is 36.9 Å². The highest BCUT2D eigenvalue weighted by atomic mass is 79.9. The van der Waals surface area contributed by atoms with Crippen LogP contribution >= 0.6 is 27.5 Å². The topological polar surface area (TPSA) is 71.9 Å². The first kappa shape index (κ1) is 20.1. The minimum Gasteiger partial charge on any atom is -0.494 e. The second-order valence-corrected chi connectivity index (χ2v) is 9.83. The van der Waals surface area contributed by atoms with Gasteiger partial charge in [0.15, 0.2) is 0 Å². The summed E-state index contributed by atoms with van der Waals surface area (Å²) in [5, 5.41) is 5.45. The number of para-hydroxylation sites is 1. The third-order valence-electron chi connectivity index (χ3n) is 4.74. The number of halogens is 2. The quantitative estimate of drug-likeness (QED) is 0.490. The van der Waals surface area contributed by atoms with Crippen molar-refractivity contribution in [3.05, 3.63) is 69.3 Å². The molecule has 0 saturated carbocycles. The molecule has 9 heteroatoms. The first-order chi connectivity index (χ1) is 13.8. The van der Waals surface area contributed by atoms with Gasteiger partial charge in [-0.05, 0) is 29.8 Å². The highest BCUT2D eigenvalue weighted by molar-refractivity contribution is 9.10. The van der Waals surface area contributed by atoms with E-state index >= 15 is 0 Å². The van der Waals surface area contributed by atoms with Crippen molar-refractivity contribution in [2.75, 3.05) is 13.4 Å². The molecule has 0 fully saturated rings. The number of hydrogen-bond acceptors (Lipinski definition) is 5. The molecule has 2 heterocycles. The van der Waals surface area contributed by atoms with Crippen LogP contribution in [0, 0.1) is 0 Å². The van der Waals surface area contributed by atoms with E-state index in [0.29, 0.717) is 29.0 Å². The first-order valence-corrected chi connectivity index (χ1v) is 11.8. The lowest BCUT2D eigenvalue weighted by Gasteiger charge is -2.22. The summed E-state index contributed by atoms with van der Waals surface area (Å²) >= 11 is 9.95. The Morgan fingerprint density at radius 1 is 1.21 bits per heavy atom. The van der Waals surface area contributed by atoms with Crippen molar-refractivity contribution >= 4 is 54.2 Å². The molecule has 0 amide bonds. The van der Waals surface area contributed by atoms with Gasteiger partial charge >= 0.3 is 0 Å². The monoisotopic (exact) mass is 493 g/mol. The number of hydrazone groups is 1. The summed E-state index contributed by atoms with van der Waals surface area (Å²) in [7, 11) is -2.04. The molecule has 0 unspecified atom stereocenters. The van der Waals surface area contributed by atoms with Crippen molar-refractivity contribution in [3.63, 3.8) is 0 Å². The number of hydrogen-bond donors (Lipinski definition) is 0. The standard InChI is InChI=1S/C20H17BrClN3O3S/c1-28-18-8-4-6-13-10-15(20(22)23-19(13)18)17-11-16(24-25(17)29(2,26)27)12-5-3-7-14(21)9-12/h3-10,17H,11H2,1-2H3/t17-/m0/s1. The summed E-state index contributed by atoms with van der Waals surface area (Å²) in [5.74, 6) is 0.605. The molecular formula is C20H17BrClN3O3S. The summed E-state index contributed by atoms with van der Waals surface area (Å²) in [4.78, 5) is 4.48. The molecule has 1 aromatic heterocycles. The SMILES string of the molecule is COc1cccc2cc([C@@H]3CC(c4cccc(Br)c4)=NN3S(C)(=O)=O)c(Cl)nc12. The summed E-state index contributed by atoms with van der Waals surface area (Å²) in [6.45, 7) is 0. The number of pyridine rings is 1. The number of methoxy groups -OCH3 is 1. The molecule has 0 N–H and O–H groups in total. The lowest BCUT2D eigenvalue weighted by Crippen LogP contribution is -2.26. The van der Waals surface area contributed by atoms with Crippen LogP contribution in [0.1, 0.15) is 23.6 Å². The molecule has 150 valence electrons. The Bertz CT molecular complexity index is 1250. The van der Waals surface area contributed by atoms with Crippen molar-refractivity contribution in [2.45, 2.75) is 12.5 Å². The van der Waals surface area contributed by atoms with Crippen LogP contribution in [0.5, 0.6) is 5.75 Å². The Labute approximate surface area is 182 Å². The minimum absolute atomic E-state index is 0.228. The van der Waals surface area contributed by atoms with Gasteiger partial charge in [-0.15, -0.1) is 0 Å². The normalized spacial score (nSPS) is 16.9. The third kappa shape index (κ3) is 3.84. The molecule has 6 nitrogen and oxygen atoms in total. The number of aromatic nitrogens is 1. The summed E-state index contributed by atoms with van der Waals surface area (Å²) in [6, 6.07) is 14.4. The molecule has 0 spiro atoms. The van der Waals surface area contributed by atoms with Gasteiger partial charge in [0, 0.05) is 21.8 Å². The Balaban J connectivity index is 1.82. The largest absolute Gasteiger partial charge is 0.494 e. The molecule has 29 heavy (non-hydrogen) atoms. The predicted molar refractivity (Wildman–Crippen MR) is 118 cm³/mol. The zero-order chi connectivity index (χ0) is 20.8. The van der Waals surface area contributed by atoms with Crippen LogP contribution in [0.25, 0.3) is 10.9 Å². The number of nitrogens with zero attached hydrogens (tertiary/aromatic N) is 3. The number of rotatable bonds is 4. The van der Waals surface area contributed by atoms with Gasteiger partial charge in [-0.3, -0.25) is 0 Å². The van der Waals surface area contributed by atoms with Crippen molar-refractivity contribution in [1.29, 1.82) is 0 Å². The van der Waals surface area contributed by atoms with Gasteiger partial charge < -0.3 is 4.74 Å². The molecule has 1 aliphatic rings. The van der Waals surface area contributed by atoms with Crippen molar-refractivity contribution in [3.8, 4) is 5.75 Å². The molecule has 0 radical (unpaired) electrons. The van der Waals surface area contributed by atoms with Crippen molar-refractivity contribution in [2.24, 2.45) is 5.10 Å². The maximum absolute atomic E-state index is 12.5. The van der Waals surface area contributed by atoms with E-state index in [9.17, 15) is 8.42 Å². The average Bonchev–Trinajstić information content (AvgIpc) is 3.13. The number of fused-ring (bicyclic) bond motifs is 1. The Morgan fingerprint density at radius 3 is 2.66 bits per heavy atom. The predicted octanol–water partition coefficient (Wildman–Crippen LogP) is 4.77. The molecule has 0 saturated heterocycles. The van der Waals surface area contributed by atoms with Gasteiger partial charge in [-0.2, -0.15) is 9.52 Å². The summed E-state index contributed by atoms with van der Waals surface area (Å²) < 4.78 is 32.3. The number of benzene rings is 2. The fourth-order valence-electron chi connectivity index (χ4n) is 3.43. The van der Waals surface area contributed by atoms with Gasteiger partial charge in [0.25, 0.3) is 0 Å². The van der Waals surface area contributed by atoms with E-state index in [1.807, 2.05) is 42.5 Å². The van der Waals surface area contributed by atoms with Gasteiger partial charge in [-0.25, -0.2) is 13.4 Å². The van der Waals surface area contributed by atoms with Crippen molar-refractivity contribution in [1.82, 2.24) is 9.40 Å². The highest BCUT2D eigenvalue weighted by Crippen LogP contribution is 2.39. The zero-order valence-electron chi connectivity index (χ0n) is 15.6. The first-order valence-electron chi connectivity index (χ1n) is 8.74. The van der Waals surface area contributed by atoms with E-state index in [1.165, 1.54) is 0 Å². The van der Waals surface area contributed by atoms with E-state index in [4.69, 9.17) is 16.3 Å². The molecule has 3 aromatic rings. The lowest BCUT2D eigenvalue weighted by atomic mass is 9.99. The Hall–Kier alpha value is -2.16. The number of sulfonamides is 1. The van der Waals surface area contributed by atoms with E-state index in [-0.39, 0.29) is 5.15 Å². The van der Waals surface area contributed by atoms with Crippen LogP contribution in [0.15, 0.2) is 58.1 Å². The van der Waals surface area contributed by atoms with Gasteiger partial charge in [0.1, 0.15) is 16.4 Å². The molecule has 4 rings (SSSR count). The highest BCUT2D eigenvalue weighted by Gasteiger charge is 2.36. The van der Waals surface area contributed by atoms with Crippen LogP contribution in [-0.2, 0) is 10.0 Å². The average molecular weight is 495 g/mol.